The van der Waals surface area contributed by atoms with Crippen molar-refractivity contribution in [3.8, 4) is 0 Å². The smallest absolute Gasteiger partial charge is 0.321 e. The molecule has 1 saturated heterocycles. The molecule has 0 N–H and O–H groups in total. The molecule has 1 heterocycles. The van der Waals surface area contributed by atoms with E-state index in [-0.39, 0.29) is 15.1 Å². The molecular formula is C5H6Br2O2. The standard InChI is InChI=1S/C5H6Br2O2/c1-5(7)2-9-4(8)3(5)6/h3H,2H2,1H3. The van der Waals surface area contributed by atoms with Crippen molar-refractivity contribution in [3.63, 3.8) is 0 Å². The molecule has 0 saturated carbocycles. The van der Waals surface area contributed by atoms with Crippen molar-refractivity contribution in [2.75, 3.05) is 6.61 Å². The number of hydrogen-bond acceptors (Lipinski definition) is 2. The van der Waals surface area contributed by atoms with Crippen molar-refractivity contribution in [1.82, 2.24) is 0 Å². The van der Waals surface area contributed by atoms with Gasteiger partial charge in [0.2, 0.25) is 0 Å². The molecule has 1 rings (SSSR count). The van der Waals surface area contributed by atoms with Crippen LogP contribution in [0.2, 0.25) is 0 Å². The second kappa shape index (κ2) is 2.23. The maximum absolute atomic E-state index is 10.7. The van der Waals surface area contributed by atoms with Gasteiger partial charge in [-0.05, 0) is 6.92 Å². The quantitative estimate of drug-likeness (QED) is 0.485. The fourth-order valence-corrected chi connectivity index (χ4v) is 1.17. The average molecular weight is 258 g/mol. The van der Waals surface area contributed by atoms with E-state index in [4.69, 9.17) is 4.74 Å². The van der Waals surface area contributed by atoms with E-state index in [1.165, 1.54) is 0 Å². The minimum Gasteiger partial charge on any atom is -0.463 e. The highest BCUT2D eigenvalue weighted by Crippen LogP contribution is 2.33. The van der Waals surface area contributed by atoms with E-state index < -0.39 is 0 Å². The van der Waals surface area contributed by atoms with Gasteiger partial charge in [-0.1, -0.05) is 31.9 Å². The molecule has 0 aromatic heterocycles. The normalized spacial score (nSPS) is 43.0. The summed E-state index contributed by atoms with van der Waals surface area (Å²) in [6.07, 6.45) is 0. The predicted molar refractivity (Wildman–Crippen MR) is 41.0 cm³/mol. The number of carbonyl (C=O) groups is 1. The van der Waals surface area contributed by atoms with Gasteiger partial charge >= 0.3 is 5.97 Å². The molecule has 0 amide bonds. The maximum Gasteiger partial charge on any atom is 0.321 e. The third-order valence-electron chi connectivity index (χ3n) is 1.23. The van der Waals surface area contributed by atoms with Crippen LogP contribution in [0.1, 0.15) is 6.92 Å². The van der Waals surface area contributed by atoms with E-state index in [0.717, 1.165) is 0 Å². The van der Waals surface area contributed by atoms with E-state index in [1.54, 1.807) is 0 Å². The summed E-state index contributed by atoms with van der Waals surface area (Å²) in [5, 5.41) is 0. The van der Waals surface area contributed by atoms with Crippen LogP contribution in [0.3, 0.4) is 0 Å². The van der Waals surface area contributed by atoms with Crippen LogP contribution in [0.5, 0.6) is 0 Å². The van der Waals surface area contributed by atoms with E-state index >= 15 is 0 Å². The molecule has 2 atom stereocenters. The monoisotopic (exact) mass is 256 g/mol. The predicted octanol–water partition coefficient (Wildman–Crippen LogP) is 1.46. The number of halogens is 2. The van der Waals surface area contributed by atoms with Gasteiger partial charge in [-0.25, -0.2) is 0 Å². The summed E-state index contributed by atoms with van der Waals surface area (Å²) in [6.45, 7) is 2.36. The number of alkyl halides is 2. The van der Waals surface area contributed by atoms with Crippen LogP contribution < -0.4 is 0 Å². The Labute approximate surface area is 70.2 Å². The second-order valence-electron chi connectivity index (χ2n) is 2.25. The Hall–Kier alpha value is 0.430. The van der Waals surface area contributed by atoms with E-state index in [0.29, 0.717) is 6.61 Å². The van der Waals surface area contributed by atoms with Crippen molar-refractivity contribution < 1.29 is 9.53 Å². The zero-order chi connectivity index (χ0) is 7.07. The molecule has 1 aliphatic rings. The molecule has 1 fully saturated rings. The molecule has 4 heteroatoms. The summed E-state index contributed by atoms with van der Waals surface area (Å²) in [5.41, 5.74) is 0. The van der Waals surface area contributed by atoms with Gasteiger partial charge in [0, 0.05) is 0 Å². The molecule has 9 heavy (non-hydrogen) atoms. The largest absolute Gasteiger partial charge is 0.463 e. The van der Waals surface area contributed by atoms with E-state index in [2.05, 4.69) is 31.9 Å². The first-order valence-electron chi connectivity index (χ1n) is 2.54. The third-order valence-corrected chi connectivity index (χ3v) is 3.92. The molecule has 2 nitrogen and oxygen atoms in total. The molecule has 52 valence electrons. The molecular weight excluding hydrogens is 252 g/mol. The Bertz CT molecular complexity index is 144. The lowest BCUT2D eigenvalue weighted by Gasteiger charge is -2.12. The highest BCUT2D eigenvalue weighted by atomic mass is 79.9. The zero-order valence-corrected chi connectivity index (χ0v) is 8.03. The summed E-state index contributed by atoms with van der Waals surface area (Å²) < 4.78 is 4.53. The topological polar surface area (TPSA) is 26.3 Å². The Morgan fingerprint density at radius 3 is 2.56 bits per heavy atom. The highest BCUT2D eigenvalue weighted by molar-refractivity contribution is 9.12. The molecule has 0 aliphatic carbocycles. The Balaban J connectivity index is 2.73. The summed E-state index contributed by atoms with van der Waals surface area (Å²) in [4.78, 5) is 10.5. The van der Waals surface area contributed by atoms with Crippen LogP contribution in [0.4, 0.5) is 0 Å². The molecule has 0 bridgehead atoms. The van der Waals surface area contributed by atoms with E-state index in [9.17, 15) is 4.79 Å². The van der Waals surface area contributed by atoms with Crippen molar-refractivity contribution >= 4 is 37.8 Å². The number of ether oxygens (including phenoxy) is 1. The minimum atomic E-state index is -0.218. The fourth-order valence-electron chi connectivity index (χ4n) is 0.604. The zero-order valence-electron chi connectivity index (χ0n) is 4.86. The Morgan fingerprint density at radius 1 is 1.89 bits per heavy atom. The van der Waals surface area contributed by atoms with Gasteiger partial charge in [0.1, 0.15) is 11.4 Å². The third kappa shape index (κ3) is 1.29. The van der Waals surface area contributed by atoms with Crippen molar-refractivity contribution in [3.05, 3.63) is 0 Å². The summed E-state index contributed by atoms with van der Waals surface area (Å²) >= 11 is 6.56. The highest BCUT2D eigenvalue weighted by Gasteiger charge is 2.43. The maximum atomic E-state index is 10.7. The SMILES string of the molecule is CC1(Br)COC(=O)C1Br. The average Bonchev–Trinajstić information content (AvgIpc) is 1.97. The lowest BCUT2D eigenvalue weighted by atomic mass is 10.1. The first kappa shape index (κ1) is 7.54. The lowest BCUT2D eigenvalue weighted by molar-refractivity contribution is -0.137. The van der Waals surface area contributed by atoms with Gasteiger partial charge in [-0.15, -0.1) is 0 Å². The van der Waals surface area contributed by atoms with Crippen molar-refractivity contribution in [2.45, 2.75) is 16.1 Å². The molecule has 0 radical (unpaired) electrons. The summed E-state index contributed by atoms with van der Waals surface area (Å²) in [6, 6.07) is 0. The number of rotatable bonds is 0. The van der Waals surface area contributed by atoms with Gasteiger partial charge in [-0.3, -0.25) is 4.79 Å². The van der Waals surface area contributed by atoms with Gasteiger partial charge < -0.3 is 4.74 Å². The number of carbonyl (C=O) groups excluding carboxylic acids is 1. The van der Waals surface area contributed by atoms with Crippen LogP contribution in [-0.4, -0.2) is 21.7 Å². The Kier molecular flexibility index (Phi) is 1.87. The number of esters is 1. The minimum absolute atomic E-state index is 0.186. The van der Waals surface area contributed by atoms with Gasteiger partial charge in [0.05, 0.1) is 4.32 Å². The molecule has 0 aromatic rings. The number of hydrogen-bond donors (Lipinski definition) is 0. The van der Waals surface area contributed by atoms with Gasteiger partial charge in [-0.2, -0.15) is 0 Å². The van der Waals surface area contributed by atoms with E-state index in [1.807, 2.05) is 6.92 Å². The summed E-state index contributed by atoms with van der Waals surface area (Å²) in [7, 11) is 0. The molecule has 1 aliphatic heterocycles. The molecule has 0 aromatic carbocycles. The van der Waals surface area contributed by atoms with Gasteiger partial charge in [0.15, 0.2) is 0 Å². The molecule has 2 unspecified atom stereocenters. The van der Waals surface area contributed by atoms with Crippen LogP contribution in [0.15, 0.2) is 0 Å². The number of cyclic esters (lactones) is 1. The first-order chi connectivity index (χ1) is 4.04. The lowest BCUT2D eigenvalue weighted by Crippen LogP contribution is -2.27. The first-order valence-corrected chi connectivity index (χ1v) is 4.24. The van der Waals surface area contributed by atoms with Gasteiger partial charge in [0.25, 0.3) is 0 Å². The fraction of sp³-hybridized carbons (Fsp3) is 0.800. The summed E-state index contributed by atoms with van der Waals surface area (Å²) in [5.74, 6) is -0.186. The van der Waals surface area contributed by atoms with Crippen LogP contribution in [0, 0.1) is 0 Å². The van der Waals surface area contributed by atoms with Crippen LogP contribution in [-0.2, 0) is 9.53 Å². The molecule has 0 spiro atoms. The second-order valence-corrected chi connectivity index (χ2v) is 4.98. The van der Waals surface area contributed by atoms with Crippen LogP contribution in [0.25, 0.3) is 0 Å². The van der Waals surface area contributed by atoms with Crippen molar-refractivity contribution in [1.29, 1.82) is 0 Å². The Morgan fingerprint density at radius 2 is 2.44 bits per heavy atom. The van der Waals surface area contributed by atoms with Crippen LogP contribution >= 0.6 is 31.9 Å². The van der Waals surface area contributed by atoms with Crippen molar-refractivity contribution in [2.24, 2.45) is 0 Å².